The summed E-state index contributed by atoms with van der Waals surface area (Å²) < 4.78 is 2.70. The van der Waals surface area contributed by atoms with Crippen molar-refractivity contribution in [2.75, 3.05) is 6.54 Å². The smallest absolute Gasteiger partial charge is 0.267 e. The van der Waals surface area contributed by atoms with E-state index in [2.05, 4.69) is 21.2 Å². The van der Waals surface area contributed by atoms with Gasteiger partial charge < -0.3 is 15.0 Å². The lowest BCUT2D eigenvalue weighted by Gasteiger charge is -2.11. The van der Waals surface area contributed by atoms with Crippen molar-refractivity contribution < 1.29 is 9.90 Å². The third-order valence-corrected chi connectivity index (χ3v) is 3.70. The Balaban J connectivity index is 1.87. The number of carbonyl (C=O) groups excluding carboxylic acids is 1. The summed E-state index contributed by atoms with van der Waals surface area (Å²) in [6.07, 6.45) is 4.33. The van der Waals surface area contributed by atoms with Crippen molar-refractivity contribution in [3.63, 3.8) is 0 Å². The average molecular weight is 301 g/mol. The van der Waals surface area contributed by atoms with Gasteiger partial charge in [0.25, 0.3) is 5.91 Å². The van der Waals surface area contributed by atoms with Crippen LogP contribution < -0.4 is 5.32 Å². The minimum atomic E-state index is -0.180. The van der Waals surface area contributed by atoms with Crippen LogP contribution in [0.2, 0.25) is 0 Å². The Hall–Kier alpha value is -0.810. The molecule has 5 heteroatoms. The molecule has 17 heavy (non-hydrogen) atoms. The summed E-state index contributed by atoms with van der Waals surface area (Å²) in [6.45, 7) is 0.651. The fraction of sp³-hybridized carbons (Fsp3) is 0.583. The molecule has 1 aliphatic rings. The van der Waals surface area contributed by atoms with E-state index in [1.165, 1.54) is 0 Å². The lowest BCUT2D eigenvalue weighted by molar-refractivity contribution is 0.0937. The van der Waals surface area contributed by atoms with E-state index in [-0.39, 0.29) is 12.0 Å². The van der Waals surface area contributed by atoms with E-state index >= 15 is 0 Å². The van der Waals surface area contributed by atoms with E-state index < -0.39 is 0 Å². The summed E-state index contributed by atoms with van der Waals surface area (Å²) in [5.41, 5.74) is 0.649. The largest absolute Gasteiger partial charge is 0.393 e. The summed E-state index contributed by atoms with van der Waals surface area (Å²) in [6, 6.07) is 1.80. The van der Waals surface area contributed by atoms with Gasteiger partial charge in [-0.05, 0) is 47.2 Å². The van der Waals surface area contributed by atoms with Gasteiger partial charge in [-0.15, -0.1) is 0 Å². The summed E-state index contributed by atoms with van der Waals surface area (Å²) in [5, 5.41) is 12.3. The van der Waals surface area contributed by atoms with Gasteiger partial charge >= 0.3 is 0 Å². The molecule has 1 heterocycles. The van der Waals surface area contributed by atoms with Crippen LogP contribution in [0.15, 0.2) is 16.7 Å². The van der Waals surface area contributed by atoms with Crippen LogP contribution >= 0.6 is 15.9 Å². The maximum absolute atomic E-state index is 11.9. The van der Waals surface area contributed by atoms with Gasteiger partial charge in [0, 0.05) is 24.3 Å². The number of amides is 1. The highest BCUT2D eigenvalue weighted by Gasteiger charge is 2.23. The number of aryl methyl sites for hydroxylation is 1. The molecule has 1 saturated carbocycles. The van der Waals surface area contributed by atoms with Crippen LogP contribution in [0.25, 0.3) is 0 Å². The number of aromatic nitrogens is 1. The maximum atomic E-state index is 11.9. The van der Waals surface area contributed by atoms with E-state index in [4.69, 9.17) is 0 Å². The molecule has 0 spiro atoms. The van der Waals surface area contributed by atoms with E-state index in [1.807, 2.05) is 13.2 Å². The molecule has 0 aromatic carbocycles. The van der Waals surface area contributed by atoms with Crippen molar-refractivity contribution in [1.82, 2.24) is 9.88 Å². The third kappa shape index (κ3) is 3.10. The summed E-state index contributed by atoms with van der Waals surface area (Å²) in [4.78, 5) is 11.9. The standard InChI is InChI=1S/C12H17BrN2O2/c1-15-7-9(13)5-11(15)12(17)14-6-8-2-3-10(16)4-8/h5,7-8,10,16H,2-4,6H2,1H3,(H,14,17). The average Bonchev–Trinajstić information content (AvgIpc) is 2.81. The molecule has 0 radical (unpaired) electrons. The first-order valence-corrected chi connectivity index (χ1v) is 6.63. The molecule has 1 aliphatic carbocycles. The van der Waals surface area contributed by atoms with Crippen LogP contribution in [-0.4, -0.2) is 28.2 Å². The van der Waals surface area contributed by atoms with Crippen LogP contribution in [0.1, 0.15) is 29.8 Å². The van der Waals surface area contributed by atoms with Crippen molar-refractivity contribution >= 4 is 21.8 Å². The van der Waals surface area contributed by atoms with Gasteiger partial charge in [-0.25, -0.2) is 0 Å². The van der Waals surface area contributed by atoms with E-state index in [0.717, 1.165) is 23.7 Å². The molecule has 94 valence electrons. The lowest BCUT2D eigenvalue weighted by Crippen LogP contribution is -2.29. The number of rotatable bonds is 3. The molecule has 0 saturated heterocycles. The van der Waals surface area contributed by atoms with Gasteiger partial charge in [-0.3, -0.25) is 4.79 Å². The molecule has 1 fully saturated rings. The number of nitrogens with one attached hydrogen (secondary N) is 1. The highest BCUT2D eigenvalue weighted by Crippen LogP contribution is 2.24. The van der Waals surface area contributed by atoms with Crippen LogP contribution in [-0.2, 0) is 7.05 Å². The maximum Gasteiger partial charge on any atom is 0.267 e. The number of aliphatic hydroxyl groups excluding tert-OH is 1. The Morgan fingerprint density at radius 1 is 1.65 bits per heavy atom. The molecular formula is C12H17BrN2O2. The number of hydrogen-bond donors (Lipinski definition) is 2. The Morgan fingerprint density at radius 2 is 2.41 bits per heavy atom. The molecule has 4 nitrogen and oxygen atoms in total. The fourth-order valence-corrected chi connectivity index (χ4v) is 2.84. The second kappa shape index (κ2) is 5.23. The van der Waals surface area contributed by atoms with Crippen molar-refractivity contribution in [2.45, 2.75) is 25.4 Å². The van der Waals surface area contributed by atoms with E-state index in [1.54, 1.807) is 10.6 Å². The van der Waals surface area contributed by atoms with Gasteiger partial charge in [0.2, 0.25) is 0 Å². The van der Waals surface area contributed by atoms with E-state index in [0.29, 0.717) is 18.2 Å². The number of aliphatic hydroxyl groups is 1. The highest BCUT2D eigenvalue weighted by molar-refractivity contribution is 9.10. The van der Waals surface area contributed by atoms with Crippen molar-refractivity contribution in [3.05, 3.63) is 22.4 Å². The zero-order valence-electron chi connectivity index (χ0n) is 9.82. The molecule has 1 aromatic heterocycles. The molecule has 2 N–H and O–H groups in total. The summed E-state index contributed by atoms with van der Waals surface area (Å²) in [5.74, 6) is 0.359. The number of nitrogens with zero attached hydrogens (tertiary/aromatic N) is 1. The SMILES string of the molecule is Cn1cc(Br)cc1C(=O)NCC1CCC(O)C1. The first kappa shape index (κ1) is 12.6. The summed E-state index contributed by atoms with van der Waals surface area (Å²) in [7, 11) is 1.85. The zero-order chi connectivity index (χ0) is 12.4. The quantitative estimate of drug-likeness (QED) is 0.892. The molecule has 0 bridgehead atoms. The second-order valence-corrected chi connectivity index (χ2v) is 5.61. The molecule has 1 aromatic rings. The second-order valence-electron chi connectivity index (χ2n) is 4.70. The normalized spacial score (nSPS) is 23.9. The van der Waals surface area contributed by atoms with Crippen LogP contribution in [0.5, 0.6) is 0 Å². The number of halogens is 1. The zero-order valence-corrected chi connectivity index (χ0v) is 11.4. The number of hydrogen-bond acceptors (Lipinski definition) is 2. The predicted octanol–water partition coefficient (Wildman–Crippen LogP) is 1.68. The third-order valence-electron chi connectivity index (χ3n) is 3.27. The predicted molar refractivity (Wildman–Crippen MR) is 68.8 cm³/mol. The first-order valence-electron chi connectivity index (χ1n) is 5.84. The fourth-order valence-electron chi connectivity index (χ4n) is 2.31. The van der Waals surface area contributed by atoms with E-state index in [9.17, 15) is 9.90 Å². The van der Waals surface area contributed by atoms with Crippen LogP contribution in [0.3, 0.4) is 0 Å². The molecule has 2 unspecified atom stereocenters. The van der Waals surface area contributed by atoms with Crippen molar-refractivity contribution in [2.24, 2.45) is 13.0 Å². The van der Waals surface area contributed by atoms with Crippen molar-refractivity contribution in [3.8, 4) is 0 Å². The number of carbonyl (C=O) groups is 1. The van der Waals surface area contributed by atoms with Gasteiger partial charge in [-0.1, -0.05) is 0 Å². The highest BCUT2D eigenvalue weighted by atomic mass is 79.9. The van der Waals surface area contributed by atoms with Crippen molar-refractivity contribution in [1.29, 1.82) is 0 Å². The minimum absolute atomic E-state index is 0.0559. The minimum Gasteiger partial charge on any atom is -0.393 e. The van der Waals surface area contributed by atoms with Gasteiger partial charge in [0.1, 0.15) is 5.69 Å². The molecule has 1 amide bonds. The summed E-state index contributed by atoms with van der Waals surface area (Å²) >= 11 is 3.34. The lowest BCUT2D eigenvalue weighted by atomic mass is 10.1. The molecule has 2 rings (SSSR count). The molecule has 2 atom stereocenters. The van der Waals surface area contributed by atoms with Crippen LogP contribution in [0.4, 0.5) is 0 Å². The topological polar surface area (TPSA) is 54.3 Å². The first-order chi connectivity index (χ1) is 8.06. The van der Waals surface area contributed by atoms with Crippen LogP contribution in [0, 0.1) is 5.92 Å². The Morgan fingerprint density at radius 3 is 2.94 bits per heavy atom. The molecular weight excluding hydrogens is 284 g/mol. The Kier molecular flexibility index (Phi) is 3.89. The molecule has 0 aliphatic heterocycles. The van der Waals surface area contributed by atoms with Gasteiger partial charge in [0.15, 0.2) is 0 Å². The monoisotopic (exact) mass is 300 g/mol. The Labute approximate surface area is 109 Å². The Bertz CT molecular complexity index is 417. The van der Waals surface area contributed by atoms with Gasteiger partial charge in [0.05, 0.1) is 6.10 Å². The van der Waals surface area contributed by atoms with Gasteiger partial charge in [-0.2, -0.15) is 0 Å².